The number of pyridine rings is 1. The van der Waals surface area contributed by atoms with E-state index >= 15 is 0 Å². The van der Waals surface area contributed by atoms with Gasteiger partial charge in [0.2, 0.25) is 0 Å². The summed E-state index contributed by atoms with van der Waals surface area (Å²) in [5, 5.41) is 5.72. The van der Waals surface area contributed by atoms with E-state index in [0.29, 0.717) is 0 Å². The maximum atomic E-state index is 4.52. The molecular formula is C14H17BrN2S. The summed E-state index contributed by atoms with van der Waals surface area (Å²) in [6.07, 6.45) is 2.96. The van der Waals surface area contributed by atoms with Crippen molar-refractivity contribution in [1.82, 2.24) is 10.3 Å². The van der Waals surface area contributed by atoms with E-state index < -0.39 is 0 Å². The minimum Gasteiger partial charge on any atom is -0.305 e. The van der Waals surface area contributed by atoms with Crippen molar-refractivity contribution in [3.8, 4) is 0 Å². The van der Waals surface area contributed by atoms with Crippen LogP contribution in [0.5, 0.6) is 0 Å². The van der Waals surface area contributed by atoms with E-state index in [0.717, 1.165) is 23.1 Å². The van der Waals surface area contributed by atoms with Gasteiger partial charge in [0.1, 0.15) is 0 Å². The average molecular weight is 325 g/mol. The summed E-state index contributed by atoms with van der Waals surface area (Å²) in [5.74, 6) is 0. The van der Waals surface area contributed by atoms with E-state index in [2.05, 4.69) is 51.5 Å². The summed E-state index contributed by atoms with van der Waals surface area (Å²) in [5.41, 5.74) is 2.39. The number of aryl methyl sites for hydroxylation is 1. The predicted molar refractivity (Wildman–Crippen MR) is 81.1 cm³/mol. The molecule has 0 bridgehead atoms. The predicted octanol–water partition coefficient (Wildman–Crippen LogP) is 4.30. The van der Waals surface area contributed by atoms with Crippen molar-refractivity contribution >= 4 is 27.3 Å². The molecule has 0 aliphatic rings. The molecular weight excluding hydrogens is 308 g/mol. The van der Waals surface area contributed by atoms with Crippen LogP contribution in [0.4, 0.5) is 0 Å². The highest BCUT2D eigenvalue weighted by molar-refractivity contribution is 9.10. The second-order valence-corrected chi connectivity index (χ2v) is 6.16. The molecule has 2 nitrogen and oxygen atoms in total. The summed E-state index contributed by atoms with van der Waals surface area (Å²) in [7, 11) is 0. The second kappa shape index (κ2) is 6.45. The number of rotatable bonds is 5. The molecule has 0 saturated heterocycles. The van der Waals surface area contributed by atoms with Crippen molar-refractivity contribution in [2.75, 3.05) is 6.54 Å². The number of hydrogen-bond donors (Lipinski definition) is 1. The molecule has 2 rings (SSSR count). The Balaban J connectivity index is 2.37. The molecule has 0 aliphatic heterocycles. The molecule has 1 atom stereocenters. The minimum atomic E-state index is 0.173. The van der Waals surface area contributed by atoms with Gasteiger partial charge in [-0.05, 0) is 65.0 Å². The van der Waals surface area contributed by atoms with Crippen molar-refractivity contribution in [3.63, 3.8) is 0 Å². The van der Waals surface area contributed by atoms with Gasteiger partial charge in [0, 0.05) is 15.5 Å². The van der Waals surface area contributed by atoms with Crippen LogP contribution in [0.1, 0.15) is 35.5 Å². The van der Waals surface area contributed by atoms with Gasteiger partial charge in [0.15, 0.2) is 0 Å². The van der Waals surface area contributed by atoms with E-state index in [1.165, 1.54) is 10.4 Å². The molecule has 0 aliphatic carbocycles. The van der Waals surface area contributed by atoms with Crippen LogP contribution in [0.25, 0.3) is 0 Å². The van der Waals surface area contributed by atoms with Gasteiger partial charge in [-0.25, -0.2) is 0 Å². The molecule has 0 radical (unpaired) electrons. The highest BCUT2D eigenvalue weighted by Crippen LogP contribution is 2.30. The fourth-order valence-corrected chi connectivity index (χ4v) is 3.17. The molecule has 2 heterocycles. The minimum absolute atomic E-state index is 0.173. The first-order valence-electron chi connectivity index (χ1n) is 6.11. The highest BCUT2D eigenvalue weighted by Gasteiger charge is 2.19. The van der Waals surface area contributed by atoms with Gasteiger partial charge in [-0.3, -0.25) is 4.98 Å². The molecule has 1 unspecified atom stereocenters. The molecule has 0 spiro atoms. The first-order valence-corrected chi connectivity index (χ1v) is 7.79. The Bertz CT molecular complexity index is 510. The van der Waals surface area contributed by atoms with Crippen LogP contribution < -0.4 is 5.32 Å². The maximum Gasteiger partial charge on any atom is 0.0773 e. The normalized spacial score (nSPS) is 12.6. The third kappa shape index (κ3) is 2.99. The zero-order chi connectivity index (χ0) is 13.0. The molecule has 96 valence electrons. The molecule has 0 amide bonds. The lowest BCUT2D eigenvalue weighted by atomic mass is 10.0. The second-order valence-electron chi connectivity index (χ2n) is 4.19. The average Bonchev–Trinajstić information content (AvgIpc) is 2.78. The van der Waals surface area contributed by atoms with Crippen molar-refractivity contribution in [1.29, 1.82) is 0 Å². The van der Waals surface area contributed by atoms with Gasteiger partial charge in [0.05, 0.1) is 11.7 Å². The summed E-state index contributed by atoms with van der Waals surface area (Å²) in [6, 6.07) is 6.36. The smallest absolute Gasteiger partial charge is 0.0773 e. The Morgan fingerprint density at radius 1 is 1.44 bits per heavy atom. The van der Waals surface area contributed by atoms with Crippen LogP contribution in [0.2, 0.25) is 0 Å². The lowest BCUT2D eigenvalue weighted by Crippen LogP contribution is -2.24. The molecule has 4 heteroatoms. The van der Waals surface area contributed by atoms with Crippen LogP contribution in [0.15, 0.2) is 34.2 Å². The van der Waals surface area contributed by atoms with Crippen LogP contribution in [0, 0.1) is 6.92 Å². The number of aromatic nitrogens is 1. The van der Waals surface area contributed by atoms with Gasteiger partial charge >= 0.3 is 0 Å². The third-order valence-corrected chi connectivity index (χ3v) is 4.40. The SMILES string of the molecule is CCCNC(c1ccsc1C)c1ncccc1Br. The lowest BCUT2D eigenvalue weighted by molar-refractivity contribution is 0.584. The van der Waals surface area contributed by atoms with E-state index in [4.69, 9.17) is 0 Å². The van der Waals surface area contributed by atoms with E-state index in [-0.39, 0.29) is 6.04 Å². The first-order chi connectivity index (χ1) is 8.74. The number of nitrogens with one attached hydrogen (secondary N) is 1. The van der Waals surface area contributed by atoms with Crippen LogP contribution >= 0.6 is 27.3 Å². The summed E-state index contributed by atoms with van der Waals surface area (Å²) in [6.45, 7) is 5.33. The number of nitrogens with zero attached hydrogens (tertiary/aromatic N) is 1. The fourth-order valence-electron chi connectivity index (χ4n) is 1.95. The largest absolute Gasteiger partial charge is 0.305 e. The molecule has 1 N–H and O–H groups in total. The molecule has 18 heavy (non-hydrogen) atoms. The number of halogens is 1. The Morgan fingerprint density at radius 3 is 2.89 bits per heavy atom. The van der Waals surface area contributed by atoms with Crippen LogP contribution in [-0.2, 0) is 0 Å². The van der Waals surface area contributed by atoms with Crippen LogP contribution in [0.3, 0.4) is 0 Å². The number of thiophene rings is 1. The summed E-state index contributed by atoms with van der Waals surface area (Å²) >= 11 is 5.38. The Hall–Kier alpha value is -0.710. The Morgan fingerprint density at radius 2 is 2.28 bits per heavy atom. The van der Waals surface area contributed by atoms with E-state index in [9.17, 15) is 0 Å². The highest BCUT2D eigenvalue weighted by atomic mass is 79.9. The van der Waals surface area contributed by atoms with Gasteiger partial charge < -0.3 is 5.32 Å². The first kappa shape index (κ1) is 13.7. The van der Waals surface area contributed by atoms with Crippen molar-refractivity contribution in [2.24, 2.45) is 0 Å². The van der Waals surface area contributed by atoms with Crippen molar-refractivity contribution in [3.05, 3.63) is 50.4 Å². The molecule has 2 aromatic rings. The van der Waals surface area contributed by atoms with E-state index in [1.807, 2.05) is 18.3 Å². The van der Waals surface area contributed by atoms with Crippen molar-refractivity contribution < 1.29 is 0 Å². The molecule has 0 fully saturated rings. The molecule has 2 aromatic heterocycles. The van der Waals surface area contributed by atoms with Gasteiger partial charge in [-0.1, -0.05) is 6.92 Å². The number of hydrogen-bond acceptors (Lipinski definition) is 3. The summed E-state index contributed by atoms with van der Waals surface area (Å²) < 4.78 is 1.06. The van der Waals surface area contributed by atoms with Gasteiger partial charge in [-0.15, -0.1) is 11.3 Å². The maximum absolute atomic E-state index is 4.52. The topological polar surface area (TPSA) is 24.9 Å². The molecule has 0 aromatic carbocycles. The van der Waals surface area contributed by atoms with E-state index in [1.54, 1.807) is 11.3 Å². The van der Waals surface area contributed by atoms with Gasteiger partial charge in [-0.2, -0.15) is 0 Å². The van der Waals surface area contributed by atoms with Crippen LogP contribution in [-0.4, -0.2) is 11.5 Å². The lowest BCUT2D eigenvalue weighted by Gasteiger charge is -2.19. The molecule has 0 saturated carbocycles. The van der Waals surface area contributed by atoms with Crippen molar-refractivity contribution in [2.45, 2.75) is 26.3 Å². The quantitative estimate of drug-likeness (QED) is 0.886. The Labute approximate surface area is 121 Å². The third-order valence-electron chi connectivity index (χ3n) is 2.87. The van der Waals surface area contributed by atoms with Gasteiger partial charge in [0.25, 0.3) is 0 Å². The fraction of sp³-hybridized carbons (Fsp3) is 0.357. The Kier molecular flexibility index (Phi) is 4.92. The zero-order valence-electron chi connectivity index (χ0n) is 10.6. The zero-order valence-corrected chi connectivity index (χ0v) is 13.0. The standard InChI is InChI=1S/C14H17BrN2S/c1-3-7-16-13(11-6-9-18-10(11)2)14-12(15)5-4-8-17-14/h4-6,8-9,13,16H,3,7H2,1-2H3. The monoisotopic (exact) mass is 324 g/mol. The summed E-state index contributed by atoms with van der Waals surface area (Å²) in [4.78, 5) is 5.87.